The van der Waals surface area contributed by atoms with E-state index in [1.165, 1.54) is 0 Å². The van der Waals surface area contributed by atoms with E-state index in [2.05, 4.69) is 20.6 Å². The van der Waals surface area contributed by atoms with Crippen molar-refractivity contribution in [3.8, 4) is 0 Å². The van der Waals surface area contributed by atoms with Crippen molar-refractivity contribution in [1.29, 1.82) is 0 Å². The highest BCUT2D eigenvalue weighted by atomic mass is 16.4. The molecule has 20 heavy (non-hydrogen) atoms. The van der Waals surface area contributed by atoms with Crippen LogP contribution in [0.15, 0.2) is 11.5 Å². The average Bonchev–Trinajstić information content (AvgIpc) is 2.82. The molecule has 1 heterocycles. The van der Waals surface area contributed by atoms with E-state index < -0.39 is 0 Å². The quantitative estimate of drug-likeness (QED) is 0.205. The fraction of sp³-hybridized carbons (Fsp3) is 0.769. The Labute approximate surface area is 120 Å². The molecule has 0 radical (unpaired) electrons. The van der Waals surface area contributed by atoms with E-state index in [-0.39, 0.29) is 5.41 Å². The van der Waals surface area contributed by atoms with Crippen LogP contribution in [0.4, 0.5) is 0 Å². The number of hydrogen-bond acceptors (Lipinski definition) is 5. The third-order valence-corrected chi connectivity index (χ3v) is 3.38. The first kappa shape index (κ1) is 16.4. The largest absolute Gasteiger partial charge is 0.409 e. The second-order valence-electron chi connectivity index (χ2n) is 5.66. The smallest absolute Gasteiger partial charge is 0.151 e. The van der Waals surface area contributed by atoms with Crippen LogP contribution in [0.3, 0.4) is 0 Å². The second kappa shape index (κ2) is 7.84. The van der Waals surface area contributed by atoms with Crippen molar-refractivity contribution in [3.05, 3.63) is 12.2 Å². The molecule has 7 nitrogen and oxygen atoms in total. The molecule has 0 amide bonds. The van der Waals surface area contributed by atoms with Gasteiger partial charge < -0.3 is 16.3 Å². The first-order chi connectivity index (χ1) is 9.45. The number of hydrogen-bond donors (Lipinski definition) is 3. The lowest BCUT2D eigenvalue weighted by atomic mass is 9.86. The van der Waals surface area contributed by atoms with Gasteiger partial charge in [0.2, 0.25) is 0 Å². The molecule has 0 unspecified atom stereocenters. The molecule has 0 saturated carbocycles. The van der Waals surface area contributed by atoms with Gasteiger partial charge in [-0.2, -0.15) is 5.10 Å². The normalized spacial score (nSPS) is 12.8. The van der Waals surface area contributed by atoms with E-state index in [0.29, 0.717) is 5.84 Å². The van der Waals surface area contributed by atoms with E-state index in [1.54, 1.807) is 11.0 Å². The molecule has 1 aromatic rings. The van der Waals surface area contributed by atoms with Crippen LogP contribution >= 0.6 is 0 Å². The maximum atomic E-state index is 8.69. The van der Waals surface area contributed by atoms with Crippen molar-refractivity contribution in [1.82, 2.24) is 20.1 Å². The topological polar surface area (TPSA) is 101 Å². The Kier molecular flexibility index (Phi) is 6.44. The van der Waals surface area contributed by atoms with Crippen LogP contribution in [0.5, 0.6) is 0 Å². The Morgan fingerprint density at radius 3 is 2.80 bits per heavy atom. The summed E-state index contributed by atoms with van der Waals surface area (Å²) in [5, 5.41) is 19.4. The zero-order valence-corrected chi connectivity index (χ0v) is 12.6. The minimum atomic E-state index is -0.243. The molecule has 0 aliphatic rings. The number of aromatic nitrogens is 3. The van der Waals surface area contributed by atoms with Crippen LogP contribution in [-0.2, 0) is 13.5 Å². The van der Waals surface area contributed by atoms with Crippen LogP contribution in [0, 0.1) is 5.41 Å². The Morgan fingerprint density at radius 2 is 2.20 bits per heavy atom. The highest BCUT2D eigenvalue weighted by molar-refractivity contribution is 5.85. The molecular formula is C13H26N6O. The number of nitrogens with one attached hydrogen (secondary N) is 1. The lowest BCUT2D eigenvalue weighted by molar-refractivity contribution is 0.304. The number of rotatable bonds is 9. The number of aryl methyl sites for hydroxylation is 1. The van der Waals surface area contributed by atoms with Crippen molar-refractivity contribution in [2.45, 2.75) is 39.5 Å². The van der Waals surface area contributed by atoms with Crippen LogP contribution in [0.2, 0.25) is 0 Å². The Hall–Kier alpha value is -1.63. The number of nitrogens with zero attached hydrogens (tertiary/aromatic N) is 4. The van der Waals surface area contributed by atoms with Crippen LogP contribution < -0.4 is 11.1 Å². The summed E-state index contributed by atoms with van der Waals surface area (Å²) in [5.41, 5.74) is 5.40. The van der Waals surface area contributed by atoms with E-state index in [1.807, 2.05) is 20.9 Å². The summed E-state index contributed by atoms with van der Waals surface area (Å²) in [6.45, 7) is 5.82. The van der Waals surface area contributed by atoms with Crippen molar-refractivity contribution < 1.29 is 5.21 Å². The van der Waals surface area contributed by atoms with E-state index >= 15 is 0 Å². The van der Waals surface area contributed by atoms with Crippen LogP contribution in [-0.4, -0.2) is 38.9 Å². The van der Waals surface area contributed by atoms with Gasteiger partial charge in [0.25, 0.3) is 0 Å². The molecule has 7 heteroatoms. The Balaban J connectivity index is 2.05. The van der Waals surface area contributed by atoms with Gasteiger partial charge in [-0.25, -0.2) is 4.98 Å². The fourth-order valence-electron chi connectivity index (χ4n) is 1.90. The summed E-state index contributed by atoms with van der Waals surface area (Å²) < 4.78 is 1.71. The second-order valence-corrected chi connectivity index (χ2v) is 5.66. The zero-order valence-electron chi connectivity index (χ0n) is 12.6. The maximum absolute atomic E-state index is 8.69. The first-order valence-corrected chi connectivity index (χ1v) is 6.99. The standard InChI is InChI=1S/C13H26N6O/c1-13(2,12(14)18-20)7-4-5-8-15-9-6-11-16-10-19(3)17-11/h10,15,20H,4-9H2,1-3H3,(H2,14,18). The number of amidine groups is 1. The molecule has 1 rings (SSSR count). The van der Waals surface area contributed by atoms with Crippen molar-refractivity contribution in [3.63, 3.8) is 0 Å². The van der Waals surface area contributed by atoms with E-state index in [9.17, 15) is 0 Å². The summed E-state index contributed by atoms with van der Waals surface area (Å²) in [6.07, 6.45) is 5.57. The predicted molar refractivity (Wildman–Crippen MR) is 78.6 cm³/mol. The molecular weight excluding hydrogens is 256 g/mol. The van der Waals surface area contributed by atoms with Crippen molar-refractivity contribution >= 4 is 5.84 Å². The molecule has 4 N–H and O–H groups in total. The van der Waals surface area contributed by atoms with Crippen LogP contribution in [0.1, 0.15) is 38.9 Å². The highest BCUT2D eigenvalue weighted by Gasteiger charge is 2.22. The molecule has 0 aliphatic carbocycles. The number of unbranched alkanes of at least 4 members (excludes halogenated alkanes) is 1. The molecule has 0 saturated heterocycles. The third-order valence-electron chi connectivity index (χ3n) is 3.38. The summed E-state index contributed by atoms with van der Waals surface area (Å²) in [6, 6.07) is 0. The van der Waals surface area contributed by atoms with Crippen LogP contribution in [0.25, 0.3) is 0 Å². The van der Waals surface area contributed by atoms with Crippen molar-refractivity contribution in [2.75, 3.05) is 13.1 Å². The third kappa shape index (κ3) is 5.56. The van der Waals surface area contributed by atoms with Gasteiger partial charge in [0.05, 0.1) is 0 Å². The van der Waals surface area contributed by atoms with Gasteiger partial charge in [-0.1, -0.05) is 25.4 Å². The lowest BCUT2D eigenvalue weighted by Crippen LogP contribution is -2.32. The minimum Gasteiger partial charge on any atom is -0.409 e. The molecule has 0 fully saturated rings. The molecule has 0 aliphatic heterocycles. The molecule has 0 bridgehead atoms. The summed E-state index contributed by atoms with van der Waals surface area (Å²) in [4.78, 5) is 4.17. The first-order valence-electron chi connectivity index (χ1n) is 6.99. The molecule has 0 atom stereocenters. The molecule has 1 aromatic heterocycles. The van der Waals surface area contributed by atoms with Gasteiger partial charge in [0.15, 0.2) is 5.82 Å². The van der Waals surface area contributed by atoms with Gasteiger partial charge in [-0.3, -0.25) is 4.68 Å². The SMILES string of the molecule is Cn1cnc(CCNCCCCC(C)(C)C(N)=NO)n1. The van der Waals surface area contributed by atoms with Gasteiger partial charge in [-0.15, -0.1) is 0 Å². The lowest BCUT2D eigenvalue weighted by Gasteiger charge is -2.22. The van der Waals surface area contributed by atoms with Gasteiger partial charge in [0.1, 0.15) is 12.2 Å². The maximum Gasteiger partial charge on any atom is 0.151 e. The highest BCUT2D eigenvalue weighted by Crippen LogP contribution is 2.22. The number of nitrogens with two attached hydrogens (primary N) is 1. The Bertz CT molecular complexity index is 426. The summed E-state index contributed by atoms with van der Waals surface area (Å²) in [5.74, 6) is 1.17. The predicted octanol–water partition coefficient (Wildman–Crippen LogP) is 0.890. The number of oxime groups is 1. The zero-order chi connectivity index (χ0) is 15.0. The summed E-state index contributed by atoms with van der Waals surface area (Å²) >= 11 is 0. The van der Waals surface area contributed by atoms with Gasteiger partial charge in [0, 0.05) is 25.4 Å². The molecule has 0 spiro atoms. The van der Waals surface area contributed by atoms with Gasteiger partial charge >= 0.3 is 0 Å². The van der Waals surface area contributed by atoms with E-state index in [0.717, 1.165) is 44.6 Å². The average molecular weight is 282 g/mol. The molecule has 114 valence electrons. The molecule has 0 aromatic carbocycles. The van der Waals surface area contributed by atoms with Gasteiger partial charge in [-0.05, 0) is 19.4 Å². The van der Waals surface area contributed by atoms with E-state index in [4.69, 9.17) is 10.9 Å². The summed E-state index contributed by atoms with van der Waals surface area (Å²) in [7, 11) is 1.87. The monoisotopic (exact) mass is 282 g/mol. The van der Waals surface area contributed by atoms with Crippen molar-refractivity contribution in [2.24, 2.45) is 23.4 Å². The minimum absolute atomic E-state index is 0.243. The Morgan fingerprint density at radius 1 is 1.45 bits per heavy atom. The fourth-order valence-corrected chi connectivity index (χ4v) is 1.90.